The zero-order valence-corrected chi connectivity index (χ0v) is 9.43. The third-order valence-corrected chi connectivity index (χ3v) is 3.33. The lowest BCUT2D eigenvalue weighted by molar-refractivity contribution is 0.121. The van der Waals surface area contributed by atoms with Gasteiger partial charge in [-0.2, -0.15) is 0 Å². The molecule has 0 aromatic rings. The molecule has 0 bridgehead atoms. The van der Waals surface area contributed by atoms with Gasteiger partial charge in [0.15, 0.2) is 0 Å². The molecule has 0 aliphatic rings. The summed E-state index contributed by atoms with van der Waals surface area (Å²) in [5, 5.41) is 0. The lowest BCUT2D eigenvalue weighted by Gasteiger charge is -2.06. The van der Waals surface area contributed by atoms with E-state index in [0.717, 1.165) is 11.9 Å². The van der Waals surface area contributed by atoms with Crippen LogP contribution in [0.3, 0.4) is 0 Å². The van der Waals surface area contributed by atoms with Gasteiger partial charge < -0.3 is 4.74 Å². The van der Waals surface area contributed by atoms with E-state index in [1.54, 1.807) is 10.8 Å². The predicted molar refractivity (Wildman–Crippen MR) is 56.0 cm³/mol. The van der Waals surface area contributed by atoms with E-state index in [1.807, 2.05) is 10.8 Å². The molecule has 0 radical (unpaired) electrons. The largest absolute Gasteiger partial charge is 0.367 e. The Balaban J connectivity index is 2.91. The fourth-order valence-electron chi connectivity index (χ4n) is 0.382. The Morgan fingerprint density at radius 1 is 1.09 bits per heavy atom. The van der Waals surface area contributed by atoms with Crippen molar-refractivity contribution >= 4 is 21.6 Å². The van der Waals surface area contributed by atoms with Gasteiger partial charge in [0.1, 0.15) is 5.94 Å². The molecule has 0 spiro atoms. The molecule has 0 aliphatic carbocycles. The van der Waals surface area contributed by atoms with E-state index in [2.05, 4.69) is 27.7 Å². The molecule has 0 fully saturated rings. The van der Waals surface area contributed by atoms with Crippen LogP contribution < -0.4 is 0 Å². The van der Waals surface area contributed by atoms with Crippen molar-refractivity contribution in [3.8, 4) is 0 Å². The number of ether oxygens (including phenoxy) is 1. The molecule has 0 unspecified atom stereocenters. The fourth-order valence-corrected chi connectivity index (χ4v) is 2.62. The third kappa shape index (κ3) is 10.7. The second kappa shape index (κ2) is 7.32. The quantitative estimate of drug-likeness (QED) is 0.364. The van der Waals surface area contributed by atoms with Crippen LogP contribution in [0.2, 0.25) is 0 Å². The van der Waals surface area contributed by atoms with Gasteiger partial charge in [0.25, 0.3) is 0 Å². The molecule has 3 heteroatoms. The Hall–Kier alpha value is 0.660. The van der Waals surface area contributed by atoms with Crippen LogP contribution in [0.1, 0.15) is 27.7 Å². The maximum atomic E-state index is 5.37. The smallest absolute Gasteiger partial charge is 0.102 e. The second-order valence-corrected chi connectivity index (χ2v) is 5.58. The number of rotatable bonds is 6. The Bertz CT molecular complexity index is 74.2. The summed E-state index contributed by atoms with van der Waals surface area (Å²) in [4.78, 5) is 0. The van der Waals surface area contributed by atoms with Crippen LogP contribution in [0.25, 0.3) is 0 Å². The van der Waals surface area contributed by atoms with Gasteiger partial charge in [0.05, 0.1) is 6.10 Å². The summed E-state index contributed by atoms with van der Waals surface area (Å²) in [6.07, 6.45) is 0.363. The molecule has 0 saturated carbocycles. The molecule has 11 heavy (non-hydrogen) atoms. The number of hydrogen-bond donors (Lipinski definition) is 0. The molecule has 68 valence electrons. The first-order chi connectivity index (χ1) is 5.13. The highest BCUT2D eigenvalue weighted by Crippen LogP contribution is 2.23. The highest BCUT2D eigenvalue weighted by molar-refractivity contribution is 8.76. The van der Waals surface area contributed by atoms with Gasteiger partial charge in [0.2, 0.25) is 0 Å². The zero-order valence-electron chi connectivity index (χ0n) is 7.79. The minimum atomic E-state index is 0.363. The summed E-state index contributed by atoms with van der Waals surface area (Å²) >= 11 is 0. The molecule has 0 aliphatic heterocycles. The first kappa shape index (κ1) is 11.7. The molecule has 0 rings (SSSR count). The molecule has 0 amide bonds. The van der Waals surface area contributed by atoms with Crippen LogP contribution in [0.5, 0.6) is 0 Å². The first-order valence-corrected chi connectivity index (χ1v) is 6.47. The minimum absolute atomic E-state index is 0.363. The molecule has 1 nitrogen and oxygen atoms in total. The summed E-state index contributed by atoms with van der Waals surface area (Å²) in [7, 11) is 3.70. The first-order valence-electron chi connectivity index (χ1n) is 3.99. The summed E-state index contributed by atoms with van der Waals surface area (Å²) < 4.78 is 5.37. The van der Waals surface area contributed by atoms with Crippen molar-refractivity contribution in [3.63, 3.8) is 0 Å². The van der Waals surface area contributed by atoms with Gasteiger partial charge in [-0.15, -0.1) is 0 Å². The van der Waals surface area contributed by atoms with Gasteiger partial charge in [-0.1, -0.05) is 35.4 Å². The molecule has 0 saturated heterocycles. The van der Waals surface area contributed by atoms with Crippen molar-refractivity contribution in [2.45, 2.75) is 33.8 Å². The summed E-state index contributed by atoms with van der Waals surface area (Å²) in [6.45, 7) is 8.59. The molecule has 0 atom stereocenters. The van der Waals surface area contributed by atoms with Gasteiger partial charge in [-0.05, 0) is 19.8 Å². The van der Waals surface area contributed by atoms with E-state index in [4.69, 9.17) is 4.74 Å². The van der Waals surface area contributed by atoms with Gasteiger partial charge in [-0.25, -0.2) is 0 Å². The van der Waals surface area contributed by atoms with E-state index >= 15 is 0 Å². The van der Waals surface area contributed by atoms with Crippen LogP contribution in [-0.2, 0) is 4.74 Å². The Morgan fingerprint density at radius 2 is 1.73 bits per heavy atom. The van der Waals surface area contributed by atoms with E-state index in [1.165, 1.54) is 5.75 Å². The van der Waals surface area contributed by atoms with Crippen LogP contribution in [0, 0.1) is 5.92 Å². The molecular weight excluding hydrogens is 176 g/mol. The highest BCUT2D eigenvalue weighted by Gasteiger charge is 1.96. The summed E-state index contributed by atoms with van der Waals surface area (Å²) in [6, 6.07) is 0. The van der Waals surface area contributed by atoms with Crippen LogP contribution in [-0.4, -0.2) is 17.8 Å². The van der Waals surface area contributed by atoms with E-state index in [9.17, 15) is 0 Å². The van der Waals surface area contributed by atoms with Gasteiger partial charge in [-0.3, -0.25) is 0 Å². The lowest BCUT2D eigenvalue weighted by Crippen LogP contribution is -2.00. The number of hydrogen-bond acceptors (Lipinski definition) is 3. The van der Waals surface area contributed by atoms with Crippen molar-refractivity contribution in [2.75, 3.05) is 11.7 Å². The van der Waals surface area contributed by atoms with Gasteiger partial charge >= 0.3 is 0 Å². The van der Waals surface area contributed by atoms with E-state index < -0.39 is 0 Å². The average Bonchev–Trinajstić information content (AvgIpc) is 1.85. The molecule has 0 N–H and O–H groups in total. The molecule has 0 aromatic carbocycles. The van der Waals surface area contributed by atoms with E-state index in [-0.39, 0.29) is 0 Å². The lowest BCUT2D eigenvalue weighted by atomic mass is 10.3. The zero-order chi connectivity index (χ0) is 8.69. The predicted octanol–water partition coefficient (Wildman–Crippen LogP) is 3.41. The molecular formula is C8H18OS2. The van der Waals surface area contributed by atoms with Crippen molar-refractivity contribution in [1.82, 2.24) is 0 Å². The van der Waals surface area contributed by atoms with Crippen molar-refractivity contribution in [2.24, 2.45) is 5.92 Å². The fraction of sp³-hybridized carbons (Fsp3) is 1.00. The normalized spacial score (nSPS) is 11.5. The topological polar surface area (TPSA) is 9.23 Å². The SMILES string of the molecule is CC(C)CSSCOC(C)C. The Labute approximate surface area is 78.1 Å². The van der Waals surface area contributed by atoms with Crippen molar-refractivity contribution < 1.29 is 4.74 Å². The minimum Gasteiger partial charge on any atom is -0.367 e. The van der Waals surface area contributed by atoms with Gasteiger partial charge in [0, 0.05) is 5.75 Å². The summed E-state index contributed by atoms with van der Waals surface area (Å²) in [5.41, 5.74) is 0. The monoisotopic (exact) mass is 194 g/mol. The third-order valence-electron chi connectivity index (χ3n) is 0.934. The Morgan fingerprint density at radius 3 is 2.18 bits per heavy atom. The van der Waals surface area contributed by atoms with Crippen LogP contribution in [0.15, 0.2) is 0 Å². The van der Waals surface area contributed by atoms with E-state index in [0.29, 0.717) is 6.10 Å². The summed E-state index contributed by atoms with van der Waals surface area (Å²) in [5.74, 6) is 2.81. The Kier molecular flexibility index (Phi) is 7.76. The maximum Gasteiger partial charge on any atom is 0.102 e. The standard InChI is InChI=1S/C8H18OS2/c1-7(2)5-10-11-6-9-8(3)4/h7-8H,5-6H2,1-4H3. The maximum absolute atomic E-state index is 5.37. The second-order valence-electron chi connectivity index (χ2n) is 3.13. The van der Waals surface area contributed by atoms with Crippen LogP contribution >= 0.6 is 21.6 Å². The molecule has 0 aromatic heterocycles. The van der Waals surface area contributed by atoms with Crippen molar-refractivity contribution in [3.05, 3.63) is 0 Å². The average molecular weight is 194 g/mol. The van der Waals surface area contributed by atoms with Crippen molar-refractivity contribution in [1.29, 1.82) is 0 Å². The highest BCUT2D eigenvalue weighted by atomic mass is 33.1. The van der Waals surface area contributed by atoms with Crippen LogP contribution in [0.4, 0.5) is 0 Å². The molecule has 0 heterocycles.